The van der Waals surface area contributed by atoms with Gasteiger partial charge in [0.1, 0.15) is 5.75 Å². The molecule has 0 bridgehead atoms. The summed E-state index contributed by atoms with van der Waals surface area (Å²) in [6.07, 6.45) is -0.451. The molecule has 0 aliphatic carbocycles. The van der Waals surface area contributed by atoms with Crippen LogP contribution >= 0.6 is 0 Å². The van der Waals surface area contributed by atoms with Crippen molar-refractivity contribution in [2.75, 3.05) is 10.5 Å². The number of rotatable bonds is 5. The average molecular weight is 245 g/mol. The zero-order valence-corrected chi connectivity index (χ0v) is 9.07. The van der Waals surface area contributed by atoms with Crippen molar-refractivity contribution in [3.8, 4) is 5.75 Å². The number of carboxylic acids is 1. The lowest BCUT2D eigenvalue weighted by Gasteiger charge is -2.06. The van der Waals surface area contributed by atoms with Crippen LogP contribution in [-0.2, 0) is 14.8 Å². The van der Waals surface area contributed by atoms with Crippen LogP contribution in [0.4, 0.5) is 5.69 Å². The molecule has 1 rings (SSSR count). The van der Waals surface area contributed by atoms with Crippen molar-refractivity contribution in [2.45, 2.75) is 6.42 Å². The second kappa shape index (κ2) is 4.84. The Kier molecular flexibility index (Phi) is 3.73. The normalized spacial score (nSPS) is 11.0. The largest absolute Gasteiger partial charge is 0.508 e. The van der Waals surface area contributed by atoms with Crippen molar-refractivity contribution < 1.29 is 23.4 Å². The van der Waals surface area contributed by atoms with E-state index in [-0.39, 0.29) is 11.4 Å². The summed E-state index contributed by atoms with van der Waals surface area (Å²) in [5.74, 6) is -1.63. The number of nitrogens with one attached hydrogen (secondary N) is 1. The molecule has 0 spiro atoms. The van der Waals surface area contributed by atoms with Crippen molar-refractivity contribution >= 4 is 21.7 Å². The molecule has 1 aromatic carbocycles. The van der Waals surface area contributed by atoms with Gasteiger partial charge in [0, 0.05) is 5.69 Å². The third kappa shape index (κ3) is 4.18. The fourth-order valence-electron chi connectivity index (χ4n) is 0.982. The number of hydrogen-bond donors (Lipinski definition) is 3. The number of anilines is 1. The molecule has 0 saturated carbocycles. The van der Waals surface area contributed by atoms with Crippen molar-refractivity contribution in [3.63, 3.8) is 0 Å². The molecular formula is C9H11NO5S. The van der Waals surface area contributed by atoms with Crippen molar-refractivity contribution in [2.24, 2.45) is 0 Å². The minimum absolute atomic E-state index is 0.0217. The van der Waals surface area contributed by atoms with Crippen LogP contribution in [0.2, 0.25) is 0 Å². The number of aromatic hydroxyl groups is 1. The molecule has 1 aromatic rings. The van der Waals surface area contributed by atoms with Crippen molar-refractivity contribution in [1.29, 1.82) is 0 Å². The first kappa shape index (κ1) is 12.3. The van der Waals surface area contributed by atoms with Crippen LogP contribution in [0.5, 0.6) is 5.75 Å². The van der Waals surface area contributed by atoms with Gasteiger partial charge in [-0.3, -0.25) is 9.52 Å². The first-order valence-corrected chi connectivity index (χ1v) is 6.05. The van der Waals surface area contributed by atoms with Gasteiger partial charge < -0.3 is 10.2 Å². The molecule has 0 amide bonds. The van der Waals surface area contributed by atoms with Crippen LogP contribution < -0.4 is 4.72 Å². The van der Waals surface area contributed by atoms with Crippen molar-refractivity contribution in [3.05, 3.63) is 24.3 Å². The summed E-state index contributed by atoms with van der Waals surface area (Å²) in [6.45, 7) is 0. The van der Waals surface area contributed by atoms with Gasteiger partial charge in [-0.1, -0.05) is 0 Å². The topological polar surface area (TPSA) is 104 Å². The molecule has 6 nitrogen and oxygen atoms in total. The third-order valence-corrected chi connectivity index (χ3v) is 3.01. The summed E-state index contributed by atoms with van der Waals surface area (Å²) in [4.78, 5) is 10.2. The molecule has 0 aliphatic heterocycles. The number of phenols is 1. The van der Waals surface area contributed by atoms with Gasteiger partial charge in [-0.2, -0.15) is 0 Å². The first-order valence-electron chi connectivity index (χ1n) is 4.40. The summed E-state index contributed by atoms with van der Waals surface area (Å²) in [5, 5.41) is 17.3. The summed E-state index contributed by atoms with van der Waals surface area (Å²) >= 11 is 0. The van der Waals surface area contributed by atoms with Gasteiger partial charge >= 0.3 is 5.97 Å². The lowest BCUT2D eigenvalue weighted by Crippen LogP contribution is -2.18. The highest BCUT2D eigenvalue weighted by Gasteiger charge is 2.12. The first-order chi connectivity index (χ1) is 7.39. The number of carboxylic acid groups (broad SMARTS) is 1. The Bertz CT molecular complexity index is 465. The van der Waals surface area contributed by atoms with E-state index in [1.54, 1.807) is 0 Å². The minimum atomic E-state index is -3.66. The Labute approximate surface area is 92.6 Å². The molecule has 88 valence electrons. The molecule has 0 atom stereocenters. The molecule has 7 heteroatoms. The second-order valence-corrected chi connectivity index (χ2v) is 4.95. The van der Waals surface area contributed by atoms with E-state index in [2.05, 4.69) is 4.72 Å². The summed E-state index contributed by atoms with van der Waals surface area (Å²) in [6, 6.07) is 5.42. The summed E-state index contributed by atoms with van der Waals surface area (Å²) in [7, 11) is -3.66. The van der Waals surface area contributed by atoms with Crippen LogP contribution in [0.15, 0.2) is 24.3 Å². The lowest BCUT2D eigenvalue weighted by atomic mass is 10.3. The van der Waals surface area contributed by atoms with Crippen LogP contribution in [0.25, 0.3) is 0 Å². The Morgan fingerprint density at radius 2 is 1.81 bits per heavy atom. The third-order valence-electron chi connectivity index (χ3n) is 1.73. The maximum atomic E-state index is 11.4. The van der Waals surface area contributed by atoms with E-state index in [0.29, 0.717) is 0 Å². The molecule has 0 aliphatic rings. The smallest absolute Gasteiger partial charge is 0.304 e. The predicted molar refractivity (Wildman–Crippen MR) is 57.8 cm³/mol. The van der Waals surface area contributed by atoms with Gasteiger partial charge in [0.05, 0.1) is 12.2 Å². The number of phenolic OH excluding ortho intramolecular Hbond substituents is 1. The zero-order chi connectivity index (χ0) is 12.2. The van der Waals surface area contributed by atoms with Gasteiger partial charge in [-0.25, -0.2) is 8.42 Å². The molecule has 3 N–H and O–H groups in total. The molecular weight excluding hydrogens is 234 g/mol. The second-order valence-electron chi connectivity index (χ2n) is 3.11. The van der Waals surface area contributed by atoms with E-state index >= 15 is 0 Å². The van der Waals surface area contributed by atoms with Crippen LogP contribution in [-0.4, -0.2) is 30.4 Å². The van der Waals surface area contributed by atoms with Crippen LogP contribution in [0.3, 0.4) is 0 Å². The maximum absolute atomic E-state index is 11.4. The Balaban J connectivity index is 2.65. The van der Waals surface area contributed by atoms with E-state index in [0.717, 1.165) is 0 Å². The quantitative estimate of drug-likeness (QED) is 0.659. The highest BCUT2D eigenvalue weighted by molar-refractivity contribution is 7.92. The van der Waals surface area contributed by atoms with Gasteiger partial charge in [0.15, 0.2) is 0 Å². The van der Waals surface area contributed by atoms with E-state index in [9.17, 15) is 13.2 Å². The molecule has 16 heavy (non-hydrogen) atoms. The van der Waals surface area contributed by atoms with Gasteiger partial charge in [-0.05, 0) is 24.3 Å². The van der Waals surface area contributed by atoms with Crippen LogP contribution in [0.1, 0.15) is 6.42 Å². The number of benzene rings is 1. The van der Waals surface area contributed by atoms with E-state index < -0.39 is 28.2 Å². The summed E-state index contributed by atoms with van der Waals surface area (Å²) in [5.41, 5.74) is 0.281. The predicted octanol–water partition coefficient (Wildman–Crippen LogP) is 0.609. The number of hydrogen-bond acceptors (Lipinski definition) is 4. The van der Waals surface area contributed by atoms with E-state index in [1.165, 1.54) is 24.3 Å². The zero-order valence-electron chi connectivity index (χ0n) is 8.25. The fourth-order valence-corrected chi connectivity index (χ4v) is 2.02. The molecule has 0 heterocycles. The number of sulfonamides is 1. The molecule has 0 saturated heterocycles. The van der Waals surface area contributed by atoms with Gasteiger partial charge in [0.25, 0.3) is 0 Å². The lowest BCUT2D eigenvalue weighted by molar-refractivity contribution is -0.136. The van der Waals surface area contributed by atoms with E-state index in [1.807, 2.05) is 0 Å². The fraction of sp³-hybridized carbons (Fsp3) is 0.222. The van der Waals surface area contributed by atoms with E-state index in [4.69, 9.17) is 10.2 Å². The molecule has 0 aromatic heterocycles. The maximum Gasteiger partial charge on any atom is 0.304 e. The molecule has 0 radical (unpaired) electrons. The van der Waals surface area contributed by atoms with Gasteiger partial charge in [0.2, 0.25) is 10.0 Å². The highest BCUT2D eigenvalue weighted by atomic mass is 32.2. The van der Waals surface area contributed by atoms with Crippen molar-refractivity contribution in [1.82, 2.24) is 0 Å². The Morgan fingerprint density at radius 1 is 1.25 bits per heavy atom. The van der Waals surface area contributed by atoms with Gasteiger partial charge in [-0.15, -0.1) is 0 Å². The molecule has 0 unspecified atom stereocenters. The molecule has 0 fully saturated rings. The minimum Gasteiger partial charge on any atom is -0.508 e. The summed E-state index contributed by atoms with van der Waals surface area (Å²) < 4.78 is 24.9. The Hall–Kier alpha value is -1.76. The van der Waals surface area contributed by atoms with Crippen LogP contribution in [0, 0.1) is 0 Å². The highest BCUT2D eigenvalue weighted by Crippen LogP contribution is 2.15. The number of carbonyl (C=O) groups is 1. The standard InChI is InChI=1S/C9H11NO5S/c11-8-3-1-7(2-4-8)10-16(14,15)6-5-9(12)13/h1-4,10-11H,5-6H2,(H,12,13). The monoisotopic (exact) mass is 245 g/mol. The Morgan fingerprint density at radius 3 is 2.31 bits per heavy atom. The number of aliphatic carboxylic acids is 1. The average Bonchev–Trinajstić information content (AvgIpc) is 2.19. The SMILES string of the molecule is O=C(O)CCS(=O)(=O)Nc1ccc(O)cc1.